The number of benzene rings is 1. The van der Waals surface area contributed by atoms with Crippen molar-refractivity contribution < 1.29 is 9.53 Å². The quantitative estimate of drug-likeness (QED) is 0.809. The summed E-state index contributed by atoms with van der Waals surface area (Å²) >= 11 is 6.88. The van der Waals surface area contributed by atoms with E-state index in [0.717, 1.165) is 14.7 Å². The number of carbonyl (C=O) groups is 1. The minimum atomic E-state index is -0.366. The normalized spacial score (nSPS) is 22.8. The number of carbonyl (C=O) groups excluding carboxylic acids is 1. The standard InChI is InChI=1S/C12H12Br2O2/c1-12(2)9(15)6-10(12)16-11-7(13)4-3-5-8(11)14/h3-5,10H,6H2,1-2H3. The lowest BCUT2D eigenvalue weighted by Crippen LogP contribution is -2.53. The molecule has 4 heteroatoms. The van der Waals surface area contributed by atoms with Gasteiger partial charge in [0.2, 0.25) is 0 Å². The number of para-hydroxylation sites is 1. The van der Waals surface area contributed by atoms with Gasteiger partial charge in [-0.3, -0.25) is 4.79 Å². The Balaban J connectivity index is 2.20. The van der Waals surface area contributed by atoms with Gasteiger partial charge >= 0.3 is 0 Å². The number of hydrogen-bond acceptors (Lipinski definition) is 2. The molecule has 1 aliphatic carbocycles. The molecule has 1 atom stereocenters. The molecule has 86 valence electrons. The zero-order chi connectivity index (χ0) is 11.9. The van der Waals surface area contributed by atoms with Crippen molar-refractivity contribution in [2.75, 3.05) is 0 Å². The molecule has 16 heavy (non-hydrogen) atoms. The van der Waals surface area contributed by atoms with E-state index >= 15 is 0 Å². The van der Waals surface area contributed by atoms with Crippen molar-refractivity contribution in [2.45, 2.75) is 26.4 Å². The number of ketones is 1. The molecule has 0 amide bonds. The predicted octanol–water partition coefficient (Wildman–Crippen LogP) is 3.96. The third-order valence-corrected chi connectivity index (χ3v) is 4.32. The highest BCUT2D eigenvalue weighted by atomic mass is 79.9. The number of halogens is 2. The first-order valence-electron chi connectivity index (χ1n) is 5.07. The summed E-state index contributed by atoms with van der Waals surface area (Å²) in [6.07, 6.45) is 0.468. The van der Waals surface area contributed by atoms with Gasteiger partial charge in [0.05, 0.1) is 14.4 Å². The average Bonchev–Trinajstić information content (AvgIpc) is 2.22. The van der Waals surface area contributed by atoms with E-state index in [0.29, 0.717) is 6.42 Å². The monoisotopic (exact) mass is 346 g/mol. The summed E-state index contributed by atoms with van der Waals surface area (Å²) in [6, 6.07) is 5.78. The summed E-state index contributed by atoms with van der Waals surface area (Å²) < 4.78 is 7.68. The van der Waals surface area contributed by atoms with E-state index in [9.17, 15) is 4.79 Å². The molecule has 1 aromatic rings. The molecule has 0 N–H and O–H groups in total. The van der Waals surface area contributed by atoms with Crippen LogP contribution in [0.2, 0.25) is 0 Å². The first-order valence-corrected chi connectivity index (χ1v) is 6.65. The van der Waals surface area contributed by atoms with E-state index in [-0.39, 0.29) is 17.3 Å². The largest absolute Gasteiger partial charge is 0.487 e. The Morgan fingerprint density at radius 2 is 1.88 bits per heavy atom. The molecule has 1 fully saturated rings. The maximum atomic E-state index is 11.4. The van der Waals surface area contributed by atoms with E-state index in [1.807, 2.05) is 32.0 Å². The summed E-state index contributed by atoms with van der Waals surface area (Å²) in [4.78, 5) is 11.4. The lowest BCUT2D eigenvalue weighted by Gasteiger charge is -2.42. The highest BCUT2D eigenvalue weighted by Crippen LogP contribution is 2.42. The molecule has 2 nitrogen and oxygen atoms in total. The van der Waals surface area contributed by atoms with Crippen LogP contribution in [0.25, 0.3) is 0 Å². The summed E-state index contributed by atoms with van der Waals surface area (Å²) in [7, 11) is 0. The number of ether oxygens (including phenoxy) is 1. The third-order valence-electron chi connectivity index (χ3n) is 3.07. The van der Waals surface area contributed by atoms with Crippen LogP contribution in [0.15, 0.2) is 27.1 Å². The van der Waals surface area contributed by atoms with E-state index < -0.39 is 0 Å². The maximum absolute atomic E-state index is 11.4. The Kier molecular flexibility index (Phi) is 3.14. The average molecular weight is 348 g/mol. The van der Waals surface area contributed by atoms with Gasteiger partial charge in [-0.2, -0.15) is 0 Å². The number of Topliss-reactive ketones (excluding diaryl/α,β-unsaturated/α-hetero) is 1. The zero-order valence-electron chi connectivity index (χ0n) is 9.09. The molecule has 0 bridgehead atoms. The molecule has 0 radical (unpaired) electrons. The van der Waals surface area contributed by atoms with Gasteiger partial charge < -0.3 is 4.74 Å². The Labute approximate surface area is 112 Å². The van der Waals surface area contributed by atoms with Crippen LogP contribution >= 0.6 is 31.9 Å². The fraction of sp³-hybridized carbons (Fsp3) is 0.417. The summed E-state index contributed by atoms with van der Waals surface area (Å²) in [6.45, 7) is 3.85. The Morgan fingerprint density at radius 1 is 1.31 bits per heavy atom. The molecule has 1 saturated carbocycles. The van der Waals surface area contributed by atoms with E-state index in [4.69, 9.17) is 4.74 Å². The molecule has 1 aliphatic rings. The third kappa shape index (κ3) is 1.93. The lowest BCUT2D eigenvalue weighted by molar-refractivity contribution is -0.148. The van der Waals surface area contributed by atoms with Crippen molar-refractivity contribution in [2.24, 2.45) is 5.41 Å². The van der Waals surface area contributed by atoms with Crippen LogP contribution < -0.4 is 4.74 Å². The van der Waals surface area contributed by atoms with Gasteiger partial charge in [0, 0.05) is 6.42 Å². The maximum Gasteiger partial charge on any atom is 0.148 e. The SMILES string of the molecule is CC1(C)C(=O)CC1Oc1c(Br)cccc1Br. The summed E-state index contributed by atoms with van der Waals surface area (Å²) in [5.74, 6) is 1.04. The van der Waals surface area contributed by atoms with Gasteiger partial charge in [-0.05, 0) is 57.8 Å². The van der Waals surface area contributed by atoms with Crippen LogP contribution in [-0.4, -0.2) is 11.9 Å². The van der Waals surface area contributed by atoms with Crippen molar-refractivity contribution in [3.8, 4) is 5.75 Å². The Hall–Kier alpha value is -0.350. The highest BCUT2D eigenvalue weighted by molar-refractivity contribution is 9.11. The molecular formula is C12H12Br2O2. The lowest BCUT2D eigenvalue weighted by atomic mass is 9.68. The van der Waals surface area contributed by atoms with Crippen molar-refractivity contribution >= 4 is 37.6 Å². The van der Waals surface area contributed by atoms with Gasteiger partial charge in [0.15, 0.2) is 0 Å². The van der Waals surface area contributed by atoms with Crippen LogP contribution in [0.1, 0.15) is 20.3 Å². The van der Waals surface area contributed by atoms with Crippen LogP contribution in [0, 0.1) is 5.41 Å². The van der Waals surface area contributed by atoms with Crippen molar-refractivity contribution in [1.29, 1.82) is 0 Å². The molecule has 1 aromatic carbocycles. The van der Waals surface area contributed by atoms with Crippen LogP contribution in [-0.2, 0) is 4.79 Å². The van der Waals surface area contributed by atoms with Gasteiger partial charge in [0.1, 0.15) is 17.6 Å². The molecule has 1 unspecified atom stereocenters. The second-order valence-electron chi connectivity index (χ2n) is 4.51. The Bertz CT molecular complexity index is 420. The minimum Gasteiger partial charge on any atom is -0.487 e. The molecule has 0 aliphatic heterocycles. The topological polar surface area (TPSA) is 26.3 Å². The van der Waals surface area contributed by atoms with Crippen LogP contribution in [0.3, 0.4) is 0 Å². The molecule has 0 aromatic heterocycles. The van der Waals surface area contributed by atoms with Gasteiger partial charge in [0.25, 0.3) is 0 Å². The zero-order valence-corrected chi connectivity index (χ0v) is 12.3. The van der Waals surface area contributed by atoms with Gasteiger partial charge in [-0.15, -0.1) is 0 Å². The van der Waals surface area contributed by atoms with Crippen molar-refractivity contribution in [1.82, 2.24) is 0 Å². The van der Waals surface area contributed by atoms with Gasteiger partial charge in [-0.25, -0.2) is 0 Å². The van der Waals surface area contributed by atoms with Crippen molar-refractivity contribution in [3.63, 3.8) is 0 Å². The molecule has 0 heterocycles. The number of hydrogen-bond donors (Lipinski definition) is 0. The van der Waals surface area contributed by atoms with Crippen LogP contribution in [0.4, 0.5) is 0 Å². The predicted molar refractivity (Wildman–Crippen MR) is 69.7 cm³/mol. The first kappa shape index (κ1) is 12.1. The molecule has 0 spiro atoms. The molecule has 0 saturated heterocycles. The fourth-order valence-electron chi connectivity index (χ4n) is 1.66. The van der Waals surface area contributed by atoms with E-state index in [1.54, 1.807) is 0 Å². The smallest absolute Gasteiger partial charge is 0.148 e. The highest BCUT2D eigenvalue weighted by Gasteiger charge is 2.49. The van der Waals surface area contributed by atoms with E-state index in [2.05, 4.69) is 31.9 Å². The fourth-order valence-corrected chi connectivity index (χ4v) is 2.85. The van der Waals surface area contributed by atoms with Crippen LogP contribution in [0.5, 0.6) is 5.75 Å². The second kappa shape index (κ2) is 4.15. The van der Waals surface area contributed by atoms with E-state index in [1.165, 1.54) is 0 Å². The second-order valence-corrected chi connectivity index (χ2v) is 6.21. The number of rotatable bonds is 2. The molecule has 2 rings (SSSR count). The minimum absolute atomic E-state index is 0.0324. The summed E-state index contributed by atoms with van der Waals surface area (Å²) in [5.41, 5.74) is -0.366. The molecular weight excluding hydrogens is 336 g/mol. The first-order chi connectivity index (χ1) is 7.43. The summed E-state index contributed by atoms with van der Waals surface area (Å²) in [5, 5.41) is 0. The Morgan fingerprint density at radius 3 is 2.31 bits per heavy atom. The van der Waals surface area contributed by atoms with Gasteiger partial charge in [-0.1, -0.05) is 6.07 Å². The van der Waals surface area contributed by atoms with Crippen molar-refractivity contribution in [3.05, 3.63) is 27.1 Å².